The Morgan fingerprint density at radius 1 is 1.70 bits per heavy atom. The van der Waals surface area contributed by atoms with Crippen LogP contribution in [-0.4, -0.2) is 12.6 Å². The summed E-state index contributed by atoms with van der Waals surface area (Å²) in [6, 6.07) is 0. The molecule has 0 heterocycles. The summed E-state index contributed by atoms with van der Waals surface area (Å²) < 4.78 is 0. The second kappa shape index (κ2) is 4.49. The Bertz CT molecular complexity index is 189. The Labute approximate surface area is 60.5 Å². The zero-order valence-corrected chi connectivity index (χ0v) is 5.96. The summed E-state index contributed by atoms with van der Waals surface area (Å²) >= 11 is 0. The van der Waals surface area contributed by atoms with E-state index in [9.17, 15) is 0 Å². The number of nitrogens with one attached hydrogen (secondary N) is 1. The van der Waals surface area contributed by atoms with Gasteiger partial charge in [0.2, 0.25) is 0 Å². The minimum absolute atomic E-state index is 0.0439. The topological polar surface area (TPSA) is 62.2 Å². The first-order valence-corrected chi connectivity index (χ1v) is 2.85. The molecule has 3 N–H and O–H groups in total. The van der Waals surface area contributed by atoms with Gasteiger partial charge >= 0.3 is 0 Å². The molecular formula is C7H11N3. The van der Waals surface area contributed by atoms with Crippen LogP contribution < -0.4 is 5.73 Å². The average molecular weight is 137 g/mol. The molecule has 54 valence electrons. The van der Waals surface area contributed by atoms with Crippen LogP contribution >= 0.6 is 0 Å². The van der Waals surface area contributed by atoms with Crippen LogP contribution in [0.5, 0.6) is 0 Å². The van der Waals surface area contributed by atoms with E-state index in [1.807, 2.05) is 6.92 Å². The second-order valence-electron chi connectivity index (χ2n) is 1.66. The van der Waals surface area contributed by atoms with Crippen molar-refractivity contribution in [3.63, 3.8) is 0 Å². The second-order valence-corrected chi connectivity index (χ2v) is 1.66. The zero-order valence-electron chi connectivity index (χ0n) is 5.96. The summed E-state index contributed by atoms with van der Waals surface area (Å²) in [5.74, 6) is 0.0439. The molecule has 0 radical (unpaired) electrons. The van der Waals surface area contributed by atoms with E-state index in [0.717, 1.165) is 0 Å². The molecule has 3 heteroatoms. The summed E-state index contributed by atoms with van der Waals surface area (Å²) in [6.45, 7) is 5.06. The standard InChI is InChI=1S/C7H11N3/c1-3-6(7(8)9)4-5-10-2/h3-5H,2H2,1H3,(H3,8,9)/b5-4-,6-3+. The van der Waals surface area contributed by atoms with Crippen LogP contribution in [0.3, 0.4) is 0 Å². The molecule has 0 aromatic rings. The molecule has 0 spiro atoms. The van der Waals surface area contributed by atoms with Gasteiger partial charge in [-0.2, -0.15) is 0 Å². The first-order chi connectivity index (χ1) is 4.72. The number of hydrogen-bond acceptors (Lipinski definition) is 2. The van der Waals surface area contributed by atoms with E-state index >= 15 is 0 Å². The van der Waals surface area contributed by atoms with Crippen molar-refractivity contribution < 1.29 is 0 Å². The molecule has 0 unspecified atom stereocenters. The van der Waals surface area contributed by atoms with E-state index in [1.54, 1.807) is 12.2 Å². The minimum atomic E-state index is 0.0439. The van der Waals surface area contributed by atoms with E-state index in [-0.39, 0.29) is 5.84 Å². The van der Waals surface area contributed by atoms with Crippen molar-refractivity contribution in [1.82, 2.24) is 0 Å². The van der Waals surface area contributed by atoms with Gasteiger partial charge in [-0.1, -0.05) is 6.08 Å². The van der Waals surface area contributed by atoms with Crippen LogP contribution in [0, 0.1) is 5.41 Å². The van der Waals surface area contributed by atoms with Crippen LogP contribution in [0.25, 0.3) is 0 Å². The van der Waals surface area contributed by atoms with Crippen molar-refractivity contribution in [2.75, 3.05) is 0 Å². The van der Waals surface area contributed by atoms with Gasteiger partial charge in [-0.3, -0.25) is 10.4 Å². The van der Waals surface area contributed by atoms with Crippen molar-refractivity contribution >= 4 is 12.6 Å². The molecule has 0 aliphatic carbocycles. The highest BCUT2D eigenvalue weighted by atomic mass is 14.7. The van der Waals surface area contributed by atoms with Crippen LogP contribution in [0.4, 0.5) is 0 Å². The summed E-state index contributed by atoms with van der Waals surface area (Å²) in [6.07, 6.45) is 4.87. The number of nitrogens with two attached hydrogens (primary N) is 1. The lowest BCUT2D eigenvalue weighted by Gasteiger charge is -1.93. The van der Waals surface area contributed by atoms with Gasteiger partial charge < -0.3 is 5.73 Å². The highest BCUT2D eigenvalue weighted by Crippen LogP contribution is 1.94. The van der Waals surface area contributed by atoms with Crippen molar-refractivity contribution in [3.8, 4) is 0 Å². The zero-order chi connectivity index (χ0) is 7.98. The van der Waals surface area contributed by atoms with Crippen LogP contribution in [0.15, 0.2) is 28.9 Å². The van der Waals surface area contributed by atoms with Gasteiger partial charge in [0.05, 0.1) is 0 Å². The molecular weight excluding hydrogens is 126 g/mol. The lowest BCUT2D eigenvalue weighted by atomic mass is 10.2. The number of amidine groups is 1. The smallest absolute Gasteiger partial charge is 0.122 e. The van der Waals surface area contributed by atoms with E-state index in [2.05, 4.69) is 11.7 Å². The number of rotatable bonds is 3. The van der Waals surface area contributed by atoms with Crippen molar-refractivity contribution in [2.24, 2.45) is 10.7 Å². The Balaban J connectivity index is 4.25. The van der Waals surface area contributed by atoms with E-state index < -0.39 is 0 Å². The third-order valence-corrected chi connectivity index (χ3v) is 0.982. The monoisotopic (exact) mass is 137 g/mol. The predicted molar refractivity (Wildman–Crippen MR) is 44.4 cm³/mol. The van der Waals surface area contributed by atoms with Crippen molar-refractivity contribution in [2.45, 2.75) is 6.92 Å². The lowest BCUT2D eigenvalue weighted by molar-refractivity contribution is 1.41. The van der Waals surface area contributed by atoms with Crippen LogP contribution in [-0.2, 0) is 0 Å². The van der Waals surface area contributed by atoms with Gasteiger partial charge in [0.15, 0.2) is 0 Å². The third-order valence-electron chi connectivity index (χ3n) is 0.982. The van der Waals surface area contributed by atoms with Gasteiger partial charge in [-0.25, -0.2) is 0 Å². The molecule has 0 fully saturated rings. The Morgan fingerprint density at radius 3 is 2.60 bits per heavy atom. The maximum atomic E-state index is 7.03. The summed E-state index contributed by atoms with van der Waals surface area (Å²) in [7, 11) is 0. The molecule has 0 atom stereocenters. The number of aliphatic imine (C=N–C) groups is 1. The number of nitrogens with zero attached hydrogens (tertiary/aromatic N) is 1. The lowest BCUT2D eigenvalue weighted by Crippen LogP contribution is -2.10. The fourth-order valence-electron chi connectivity index (χ4n) is 0.475. The Kier molecular flexibility index (Phi) is 3.87. The average Bonchev–Trinajstić information content (AvgIpc) is 1.89. The maximum absolute atomic E-state index is 7.03. The Morgan fingerprint density at radius 2 is 2.30 bits per heavy atom. The highest BCUT2D eigenvalue weighted by Gasteiger charge is 1.90. The van der Waals surface area contributed by atoms with Crippen LogP contribution in [0.1, 0.15) is 6.92 Å². The molecule has 0 aromatic carbocycles. The molecule has 0 saturated carbocycles. The molecule has 0 aromatic heterocycles. The number of allylic oxidation sites excluding steroid dienone is 1. The molecule has 0 bridgehead atoms. The highest BCUT2D eigenvalue weighted by molar-refractivity contribution is 5.96. The first-order valence-electron chi connectivity index (χ1n) is 2.85. The van der Waals surface area contributed by atoms with Gasteiger partial charge in [0.25, 0.3) is 0 Å². The normalized spacial score (nSPS) is 11.9. The Hall–Kier alpha value is -1.38. The fraction of sp³-hybridized carbons (Fsp3) is 0.143. The number of hydrogen-bond donors (Lipinski definition) is 2. The minimum Gasteiger partial charge on any atom is -0.384 e. The van der Waals surface area contributed by atoms with E-state index in [0.29, 0.717) is 5.57 Å². The molecule has 0 aliphatic heterocycles. The fourth-order valence-corrected chi connectivity index (χ4v) is 0.475. The summed E-state index contributed by atoms with van der Waals surface area (Å²) in [4.78, 5) is 3.48. The predicted octanol–water partition coefficient (Wildman–Crippen LogP) is 1.08. The van der Waals surface area contributed by atoms with Crippen molar-refractivity contribution in [3.05, 3.63) is 23.9 Å². The van der Waals surface area contributed by atoms with Gasteiger partial charge in [0, 0.05) is 11.8 Å². The maximum Gasteiger partial charge on any atom is 0.122 e. The molecule has 10 heavy (non-hydrogen) atoms. The molecule has 0 rings (SSSR count). The third kappa shape index (κ3) is 2.81. The molecule has 0 amide bonds. The van der Waals surface area contributed by atoms with Crippen LogP contribution in [0.2, 0.25) is 0 Å². The van der Waals surface area contributed by atoms with Gasteiger partial charge in [0.1, 0.15) is 5.84 Å². The van der Waals surface area contributed by atoms with E-state index in [1.165, 1.54) is 6.20 Å². The first kappa shape index (κ1) is 8.62. The summed E-state index contributed by atoms with van der Waals surface area (Å²) in [5, 5.41) is 7.03. The largest absolute Gasteiger partial charge is 0.384 e. The quantitative estimate of drug-likeness (QED) is 0.341. The molecule has 3 nitrogen and oxygen atoms in total. The van der Waals surface area contributed by atoms with Crippen molar-refractivity contribution in [1.29, 1.82) is 5.41 Å². The van der Waals surface area contributed by atoms with Gasteiger partial charge in [-0.05, 0) is 19.7 Å². The van der Waals surface area contributed by atoms with Gasteiger partial charge in [-0.15, -0.1) is 0 Å². The SMILES string of the molecule is C=N/C=C\C(=C/C)C(=N)N. The molecule has 0 aliphatic rings. The summed E-state index contributed by atoms with van der Waals surface area (Å²) in [5.41, 5.74) is 5.85. The molecule has 0 saturated heterocycles. The van der Waals surface area contributed by atoms with E-state index in [4.69, 9.17) is 11.1 Å².